The molecule has 0 bridgehead atoms. The molecule has 0 aromatic heterocycles. The standard InChI is InChI=1S/C20H20ClN3O3/c1-12-2-7-15(10-17(12)21)23-20(27)22-11-13-3-5-14(6-4-13)16-8-9-18(25)24-19(16)26/h2-7,10,16H,8-9,11H2,1H3,(H2,22,23,27)(H,24,25,26). The van der Waals surface area contributed by atoms with Crippen molar-refractivity contribution in [3.8, 4) is 0 Å². The number of hydrogen-bond acceptors (Lipinski definition) is 3. The molecule has 2 aromatic carbocycles. The molecule has 27 heavy (non-hydrogen) atoms. The smallest absolute Gasteiger partial charge is 0.319 e. The Balaban J connectivity index is 1.53. The van der Waals surface area contributed by atoms with Gasteiger partial charge in [-0.15, -0.1) is 0 Å². The van der Waals surface area contributed by atoms with Gasteiger partial charge < -0.3 is 10.6 Å². The maximum atomic E-state index is 12.0. The van der Waals surface area contributed by atoms with Gasteiger partial charge in [0.25, 0.3) is 0 Å². The van der Waals surface area contributed by atoms with Crippen molar-refractivity contribution in [2.45, 2.75) is 32.2 Å². The van der Waals surface area contributed by atoms with E-state index in [1.165, 1.54) is 0 Å². The zero-order valence-electron chi connectivity index (χ0n) is 14.8. The van der Waals surface area contributed by atoms with Gasteiger partial charge in [0.2, 0.25) is 11.8 Å². The minimum absolute atomic E-state index is 0.224. The highest BCUT2D eigenvalue weighted by Crippen LogP contribution is 2.25. The van der Waals surface area contributed by atoms with E-state index in [0.717, 1.165) is 16.7 Å². The third-order valence-corrected chi connectivity index (χ3v) is 4.91. The highest BCUT2D eigenvalue weighted by molar-refractivity contribution is 6.31. The summed E-state index contributed by atoms with van der Waals surface area (Å²) in [6.45, 7) is 2.24. The van der Waals surface area contributed by atoms with Crippen LogP contribution >= 0.6 is 11.6 Å². The third kappa shape index (κ3) is 4.86. The number of carbonyl (C=O) groups excluding carboxylic acids is 3. The molecular formula is C20H20ClN3O3. The Labute approximate surface area is 162 Å². The summed E-state index contributed by atoms with van der Waals surface area (Å²) < 4.78 is 0. The zero-order valence-corrected chi connectivity index (χ0v) is 15.6. The highest BCUT2D eigenvalue weighted by Gasteiger charge is 2.27. The molecule has 0 aliphatic carbocycles. The summed E-state index contributed by atoms with van der Waals surface area (Å²) in [5, 5.41) is 8.47. The van der Waals surface area contributed by atoms with E-state index in [1.807, 2.05) is 37.3 Å². The molecule has 1 aliphatic heterocycles. The summed E-state index contributed by atoms with van der Waals surface area (Å²) in [6, 6.07) is 12.4. The molecule has 0 radical (unpaired) electrons. The van der Waals surface area contributed by atoms with Crippen molar-refractivity contribution in [2.75, 3.05) is 5.32 Å². The molecule has 3 N–H and O–H groups in total. The van der Waals surface area contributed by atoms with Crippen molar-refractivity contribution in [3.05, 3.63) is 64.2 Å². The summed E-state index contributed by atoms with van der Waals surface area (Å²) >= 11 is 6.05. The fourth-order valence-electron chi connectivity index (χ4n) is 2.91. The first-order valence-electron chi connectivity index (χ1n) is 8.66. The molecule has 1 heterocycles. The molecule has 1 atom stereocenters. The molecule has 140 valence electrons. The molecule has 2 aromatic rings. The van der Waals surface area contributed by atoms with E-state index >= 15 is 0 Å². The number of halogens is 1. The van der Waals surface area contributed by atoms with Crippen molar-refractivity contribution in [3.63, 3.8) is 0 Å². The fraction of sp³-hybridized carbons (Fsp3) is 0.250. The Morgan fingerprint density at radius 2 is 1.93 bits per heavy atom. The lowest BCUT2D eigenvalue weighted by Crippen LogP contribution is -2.39. The van der Waals surface area contributed by atoms with Gasteiger partial charge in [0.15, 0.2) is 0 Å². The van der Waals surface area contributed by atoms with Crippen molar-refractivity contribution >= 4 is 35.1 Å². The number of nitrogens with one attached hydrogen (secondary N) is 3. The number of amides is 4. The SMILES string of the molecule is Cc1ccc(NC(=O)NCc2ccc(C3CCC(=O)NC3=O)cc2)cc1Cl. The molecular weight excluding hydrogens is 366 g/mol. The van der Waals surface area contributed by atoms with Crippen LogP contribution in [0.1, 0.15) is 35.4 Å². The summed E-state index contributed by atoms with van der Waals surface area (Å²) in [5.41, 5.74) is 3.33. The Hall–Kier alpha value is -2.86. The molecule has 1 saturated heterocycles. The fourth-order valence-corrected chi connectivity index (χ4v) is 3.09. The second-order valence-electron chi connectivity index (χ2n) is 6.52. The topological polar surface area (TPSA) is 87.3 Å². The minimum atomic E-state index is -0.329. The molecule has 1 aliphatic rings. The van der Waals surface area contributed by atoms with Gasteiger partial charge in [-0.1, -0.05) is 41.9 Å². The molecule has 0 spiro atoms. The van der Waals surface area contributed by atoms with E-state index in [1.54, 1.807) is 12.1 Å². The van der Waals surface area contributed by atoms with E-state index < -0.39 is 0 Å². The molecule has 1 fully saturated rings. The predicted molar refractivity (Wildman–Crippen MR) is 104 cm³/mol. The Morgan fingerprint density at radius 3 is 2.59 bits per heavy atom. The maximum absolute atomic E-state index is 12.0. The Kier molecular flexibility index (Phi) is 5.76. The van der Waals surface area contributed by atoms with Crippen LogP contribution in [0.2, 0.25) is 5.02 Å². The number of carbonyl (C=O) groups is 3. The highest BCUT2D eigenvalue weighted by atomic mass is 35.5. The summed E-state index contributed by atoms with van der Waals surface area (Å²) in [6.07, 6.45) is 0.868. The predicted octanol–water partition coefficient (Wildman–Crippen LogP) is 3.49. The van der Waals surface area contributed by atoms with Gasteiger partial charge in [0.1, 0.15) is 0 Å². The van der Waals surface area contributed by atoms with Gasteiger partial charge in [-0.3, -0.25) is 14.9 Å². The van der Waals surface area contributed by atoms with Gasteiger partial charge >= 0.3 is 6.03 Å². The molecule has 6 nitrogen and oxygen atoms in total. The summed E-state index contributed by atoms with van der Waals surface area (Å²) in [4.78, 5) is 35.2. The first-order valence-corrected chi connectivity index (χ1v) is 9.03. The lowest BCUT2D eigenvalue weighted by Gasteiger charge is -2.21. The van der Waals surface area contributed by atoms with Gasteiger partial charge in [-0.2, -0.15) is 0 Å². The Morgan fingerprint density at radius 1 is 1.19 bits per heavy atom. The molecule has 3 rings (SSSR count). The van der Waals surface area contributed by atoms with E-state index in [4.69, 9.17) is 11.6 Å². The first-order chi connectivity index (χ1) is 12.9. The normalized spacial score (nSPS) is 16.6. The van der Waals surface area contributed by atoms with E-state index in [9.17, 15) is 14.4 Å². The summed E-state index contributed by atoms with van der Waals surface area (Å²) in [5.74, 6) is -0.787. The maximum Gasteiger partial charge on any atom is 0.319 e. The van der Waals surface area contributed by atoms with E-state index in [2.05, 4.69) is 16.0 Å². The molecule has 0 saturated carbocycles. The number of imide groups is 1. The average Bonchev–Trinajstić information content (AvgIpc) is 2.64. The third-order valence-electron chi connectivity index (χ3n) is 4.50. The summed E-state index contributed by atoms with van der Waals surface area (Å²) in [7, 11) is 0. The van der Waals surface area contributed by atoms with Gasteiger partial charge in [-0.05, 0) is 42.2 Å². The van der Waals surface area contributed by atoms with Gasteiger partial charge in [0.05, 0.1) is 5.92 Å². The number of rotatable bonds is 4. The lowest BCUT2D eigenvalue weighted by molar-refractivity contribution is -0.134. The van der Waals surface area contributed by atoms with Crippen LogP contribution in [0, 0.1) is 6.92 Å². The first kappa shape index (κ1) is 18.9. The van der Waals surface area contributed by atoms with Crippen molar-refractivity contribution in [1.82, 2.24) is 10.6 Å². The van der Waals surface area contributed by atoms with Crippen LogP contribution in [0.5, 0.6) is 0 Å². The van der Waals surface area contributed by atoms with E-state index in [-0.39, 0.29) is 23.8 Å². The van der Waals surface area contributed by atoms with Crippen molar-refractivity contribution in [1.29, 1.82) is 0 Å². The van der Waals surface area contributed by atoms with Crippen molar-refractivity contribution < 1.29 is 14.4 Å². The lowest BCUT2D eigenvalue weighted by atomic mass is 9.90. The average molecular weight is 386 g/mol. The van der Waals surface area contributed by atoms with Crippen LogP contribution < -0.4 is 16.0 Å². The number of anilines is 1. The molecule has 1 unspecified atom stereocenters. The second-order valence-corrected chi connectivity index (χ2v) is 6.92. The molecule has 4 amide bonds. The van der Waals surface area contributed by atoms with Crippen LogP contribution in [-0.4, -0.2) is 17.8 Å². The Bertz CT molecular complexity index is 881. The monoisotopic (exact) mass is 385 g/mol. The van der Waals surface area contributed by atoms with Gasteiger partial charge in [0, 0.05) is 23.7 Å². The number of hydrogen-bond donors (Lipinski definition) is 3. The number of urea groups is 1. The molecule has 7 heteroatoms. The minimum Gasteiger partial charge on any atom is -0.334 e. The number of benzene rings is 2. The van der Waals surface area contributed by atoms with Crippen LogP contribution in [-0.2, 0) is 16.1 Å². The quantitative estimate of drug-likeness (QED) is 0.704. The van der Waals surface area contributed by atoms with Gasteiger partial charge in [-0.25, -0.2) is 4.79 Å². The van der Waals surface area contributed by atoms with Crippen LogP contribution in [0.15, 0.2) is 42.5 Å². The van der Waals surface area contributed by atoms with Crippen LogP contribution in [0.4, 0.5) is 10.5 Å². The number of piperidine rings is 1. The largest absolute Gasteiger partial charge is 0.334 e. The van der Waals surface area contributed by atoms with Crippen molar-refractivity contribution in [2.24, 2.45) is 0 Å². The second kappa shape index (κ2) is 8.22. The van der Waals surface area contributed by atoms with Crippen LogP contribution in [0.3, 0.4) is 0 Å². The van der Waals surface area contributed by atoms with Crippen LogP contribution in [0.25, 0.3) is 0 Å². The number of aryl methyl sites for hydroxylation is 1. The zero-order chi connectivity index (χ0) is 19.4. The van der Waals surface area contributed by atoms with E-state index in [0.29, 0.717) is 30.1 Å².